The topological polar surface area (TPSA) is 51.4 Å². The minimum atomic E-state index is 0.442. The van der Waals surface area contributed by atoms with Gasteiger partial charge in [0.25, 0.3) is 0 Å². The predicted octanol–water partition coefficient (Wildman–Crippen LogP) is 3.34. The van der Waals surface area contributed by atoms with Crippen LogP contribution in [0.2, 0.25) is 0 Å². The Bertz CT molecular complexity index is 570. The van der Waals surface area contributed by atoms with Crippen LogP contribution in [0.25, 0.3) is 0 Å². The largest absolute Gasteiger partial charge is 0.476 e. The van der Waals surface area contributed by atoms with Gasteiger partial charge in [-0.2, -0.15) is 4.98 Å². The first-order valence-electron chi connectivity index (χ1n) is 7.20. The monoisotopic (exact) mass is 285 g/mol. The summed E-state index contributed by atoms with van der Waals surface area (Å²) in [6, 6.07) is 14.1. The van der Waals surface area contributed by atoms with Gasteiger partial charge in [-0.15, -0.1) is 0 Å². The Labute approximate surface area is 126 Å². The lowest BCUT2D eigenvalue weighted by molar-refractivity contribution is 0.263. The lowest BCUT2D eigenvalue weighted by atomic mass is 10.2. The highest BCUT2D eigenvalue weighted by atomic mass is 16.5. The van der Waals surface area contributed by atoms with E-state index in [4.69, 9.17) is 10.5 Å². The van der Waals surface area contributed by atoms with Crippen molar-refractivity contribution < 1.29 is 4.74 Å². The molecule has 4 nitrogen and oxygen atoms in total. The van der Waals surface area contributed by atoms with Gasteiger partial charge in [-0.05, 0) is 23.6 Å². The molecule has 1 aromatic carbocycles. The zero-order chi connectivity index (χ0) is 15.2. The molecule has 2 N–H and O–H groups in total. The molecule has 0 radical (unpaired) electrons. The predicted molar refractivity (Wildman–Crippen MR) is 87.5 cm³/mol. The highest BCUT2D eigenvalue weighted by Crippen LogP contribution is 2.23. The summed E-state index contributed by atoms with van der Waals surface area (Å²) < 4.78 is 5.68. The second-order valence-electron chi connectivity index (χ2n) is 5.61. The van der Waals surface area contributed by atoms with Gasteiger partial charge in [0.2, 0.25) is 5.88 Å². The molecule has 1 heterocycles. The summed E-state index contributed by atoms with van der Waals surface area (Å²) in [7, 11) is 2.01. The van der Waals surface area contributed by atoms with Crippen LogP contribution in [-0.4, -0.2) is 18.6 Å². The summed E-state index contributed by atoms with van der Waals surface area (Å²) in [5.74, 6) is 1.81. The summed E-state index contributed by atoms with van der Waals surface area (Å²) in [6.07, 6.45) is 0. The Hall–Kier alpha value is -2.23. The fraction of sp³-hybridized carbons (Fsp3) is 0.353. The number of nitrogens with zero attached hydrogens (tertiary/aromatic N) is 2. The first-order valence-corrected chi connectivity index (χ1v) is 7.20. The Morgan fingerprint density at radius 1 is 1.14 bits per heavy atom. The second-order valence-corrected chi connectivity index (χ2v) is 5.61. The third kappa shape index (κ3) is 4.38. The van der Waals surface area contributed by atoms with Crippen LogP contribution >= 0.6 is 0 Å². The molecule has 0 unspecified atom stereocenters. The molecule has 0 saturated heterocycles. The minimum absolute atomic E-state index is 0.442. The van der Waals surface area contributed by atoms with E-state index in [0.717, 1.165) is 12.4 Å². The highest BCUT2D eigenvalue weighted by molar-refractivity contribution is 5.54. The van der Waals surface area contributed by atoms with Crippen molar-refractivity contribution in [3.8, 4) is 5.88 Å². The number of nitrogen functional groups attached to an aromatic ring is 1. The van der Waals surface area contributed by atoms with E-state index >= 15 is 0 Å². The van der Waals surface area contributed by atoms with Crippen LogP contribution < -0.4 is 15.4 Å². The van der Waals surface area contributed by atoms with Crippen molar-refractivity contribution in [2.45, 2.75) is 20.4 Å². The zero-order valence-electron chi connectivity index (χ0n) is 12.9. The van der Waals surface area contributed by atoms with Crippen molar-refractivity contribution in [1.82, 2.24) is 4.98 Å². The molecular weight excluding hydrogens is 262 g/mol. The number of ether oxygens (including phenoxy) is 1. The van der Waals surface area contributed by atoms with E-state index in [1.165, 1.54) is 5.56 Å². The molecule has 4 heteroatoms. The van der Waals surface area contributed by atoms with Crippen molar-refractivity contribution in [3.63, 3.8) is 0 Å². The van der Waals surface area contributed by atoms with Crippen LogP contribution in [0.1, 0.15) is 19.4 Å². The number of rotatable bonds is 6. The molecule has 0 saturated carbocycles. The maximum absolute atomic E-state index is 5.92. The van der Waals surface area contributed by atoms with E-state index in [9.17, 15) is 0 Å². The Kier molecular flexibility index (Phi) is 5.04. The number of anilines is 2. The summed E-state index contributed by atoms with van der Waals surface area (Å²) in [5, 5.41) is 0. The van der Waals surface area contributed by atoms with Gasteiger partial charge in [0.15, 0.2) is 0 Å². The number of aromatic nitrogens is 1. The van der Waals surface area contributed by atoms with Gasteiger partial charge in [0.05, 0.1) is 12.3 Å². The van der Waals surface area contributed by atoms with Crippen LogP contribution in [-0.2, 0) is 6.54 Å². The smallest absolute Gasteiger partial charge is 0.239 e. The third-order valence-electron chi connectivity index (χ3n) is 3.08. The molecule has 112 valence electrons. The Balaban J connectivity index is 2.10. The maximum Gasteiger partial charge on any atom is 0.239 e. The molecule has 0 spiro atoms. The van der Waals surface area contributed by atoms with Crippen LogP contribution in [0.5, 0.6) is 5.88 Å². The molecule has 0 aliphatic heterocycles. The van der Waals surface area contributed by atoms with Crippen LogP contribution in [0.3, 0.4) is 0 Å². The van der Waals surface area contributed by atoms with E-state index in [2.05, 4.69) is 35.9 Å². The quantitative estimate of drug-likeness (QED) is 0.884. The van der Waals surface area contributed by atoms with Crippen molar-refractivity contribution in [2.75, 3.05) is 24.3 Å². The van der Waals surface area contributed by atoms with E-state index < -0.39 is 0 Å². The van der Waals surface area contributed by atoms with E-state index in [1.54, 1.807) is 0 Å². The molecule has 0 atom stereocenters. The molecule has 0 amide bonds. The molecule has 0 aliphatic carbocycles. The summed E-state index contributed by atoms with van der Waals surface area (Å²) >= 11 is 0. The molecule has 2 aromatic rings. The minimum Gasteiger partial charge on any atom is -0.476 e. The summed E-state index contributed by atoms with van der Waals surface area (Å²) in [4.78, 5) is 6.60. The first-order chi connectivity index (χ1) is 10.1. The number of benzene rings is 1. The van der Waals surface area contributed by atoms with Gasteiger partial charge in [-0.3, -0.25) is 0 Å². The first kappa shape index (κ1) is 15.2. The Morgan fingerprint density at radius 3 is 2.52 bits per heavy atom. The van der Waals surface area contributed by atoms with Crippen LogP contribution in [0, 0.1) is 5.92 Å². The average molecular weight is 285 g/mol. The van der Waals surface area contributed by atoms with Crippen molar-refractivity contribution in [3.05, 3.63) is 48.0 Å². The summed E-state index contributed by atoms with van der Waals surface area (Å²) in [5.41, 5.74) is 7.74. The van der Waals surface area contributed by atoms with Gasteiger partial charge < -0.3 is 15.4 Å². The summed E-state index contributed by atoms with van der Waals surface area (Å²) in [6.45, 7) is 5.60. The van der Waals surface area contributed by atoms with Gasteiger partial charge in [-0.1, -0.05) is 44.2 Å². The lowest BCUT2D eigenvalue weighted by Crippen LogP contribution is -2.18. The number of hydrogen-bond acceptors (Lipinski definition) is 4. The molecule has 2 rings (SSSR count). The second kappa shape index (κ2) is 6.97. The normalized spacial score (nSPS) is 10.7. The van der Waals surface area contributed by atoms with Gasteiger partial charge in [0.1, 0.15) is 5.82 Å². The Morgan fingerprint density at radius 2 is 1.86 bits per heavy atom. The van der Waals surface area contributed by atoms with E-state index in [1.807, 2.05) is 37.4 Å². The molecule has 0 bridgehead atoms. The fourth-order valence-electron chi connectivity index (χ4n) is 1.95. The van der Waals surface area contributed by atoms with Crippen molar-refractivity contribution >= 4 is 11.5 Å². The van der Waals surface area contributed by atoms with Crippen LogP contribution in [0.4, 0.5) is 11.5 Å². The third-order valence-corrected chi connectivity index (χ3v) is 3.08. The SMILES string of the molecule is CC(C)COc1nc(N(C)Cc2ccccc2)ccc1N. The van der Waals surface area contributed by atoms with Gasteiger partial charge >= 0.3 is 0 Å². The lowest BCUT2D eigenvalue weighted by Gasteiger charge is -2.20. The maximum atomic E-state index is 5.92. The van der Waals surface area contributed by atoms with Crippen LogP contribution in [0.15, 0.2) is 42.5 Å². The number of nitrogens with two attached hydrogens (primary N) is 1. The fourth-order valence-corrected chi connectivity index (χ4v) is 1.95. The highest BCUT2D eigenvalue weighted by Gasteiger charge is 2.09. The zero-order valence-corrected chi connectivity index (χ0v) is 12.9. The average Bonchev–Trinajstić information content (AvgIpc) is 2.47. The number of hydrogen-bond donors (Lipinski definition) is 1. The molecule has 0 aliphatic rings. The number of pyridine rings is 1. The molecule has 0 fully saturated rings. The van der Waals surface area contributed by atoms with Crippen molar-refractivity contribution in [2.24, 2.45) is 5.92 Å². The van der Waals surface area contributed by atoms with Gasteiger partial charge in [-0.25, -0.2) is 0 Å². The molecule has 21 heavy (non-hydrogen) atoms. The van der Waals surface area contributed by atoms with E-state index in [0.29, 0.717) is 24.1 Å². The molecular formula is C17H23N3O. The molecule has 1 aromatic heterocycles. The van der Waals surface area contributed by atoms with E-state index in [-0.39, 0.29) is 0 Å². The van der Waals surface area contributed by atoms with Gasteiger partial charge in [0, 0.05) is 13.6 Å². The van der Waals surface area contributed by atoms with Crippen molar-refractivity contribution in [1.29, 1.82) is 0 Å². The standard InChI is InChI=1S/C17H23N3O/c1-13(2)12-21-17-15(18)9-10-16(19-17)20(3)11-14-7-5-4-6-8-14/h4-10,13H,11-12,18H2,1-3H3.